The lowest BCUT2D eigenvalue weighted by molar-refractivity contribution is 0.102. The van der Waals surface area contributed by atoms with Crippen molar-refractivity contribution in [2.75, 3.05) is 5.32 Å². The Labute approximate surface area is 136 Å². The van der Waals surface area contributed by atoms with Crippen molar-refractivity contribution in [2.45, 2.75) is 6.42 Å². The number of benzene rings is 1. The van der Waals surface area contributed by atoms with Gasteiger partial charge in [-0.2, -0.15) is 4.98 Å². The number of aromatic nitrogens is 4. The summed E-state index contributed by atoms with van der Waals surface area (Å²) in [5, 5.41) is 9.20. The van der Waals surface area contributed by atoms with Gasteiger partial charge in [-0.05, 0) is 23.8 Å². The number of hydrogen-bond donors (Lipinski definition) is 2. The van der Waals surface area contributed by atoms with Crippen LogP contribution in [0.1, 0.15) is 21.7 Å². The van der Waals surface area contributed by atoms with E-state index in [0.717, 1.165) is 5.56 Å². The monoisotopic (exact) mass is 327 g/mol. The normalized spacial score (nSPS) is 10.6. The first-order chi connectivity index (χ1) is 11.5. The van der Waals surface area contributed by atoms with E-state index >= 15 is 0 Å². The number of pyridine rings is 1. The fraction of sp³-hybridized carbons (Fsp3) is 0.125. The van der Waals surface area contributed by atoms with Crippen molar-refractivity contribution in [2.24, 2.45) is 7.05 Å². The number of anilines is 1. The summed E-state index contributed by atoms with van der Waals surface area (Å²) in [4.78, 5) is 27.6. The topological polar surface area (TPSA) is 92.7 Å². The molecule has 0 aliphatic heterocycles. The van der Waals surface area contributed by atoms with Crippen molar-refractivity contribution in [1.82, 2.24) is 19.7 Å². The summed E-state index contributed by atoms with van der Waals surface area (Å²) in [6.45, 7) is 0. The van der Waals surface area contributed by atoms with Crippen LogP contribution in [0.3, 0.4) is 0 Å². The Bertz CT molecular complexity index is 930. The van der Waals surface area contributed by atoms with Gasteiger partial charge >= 0.3 is 0 Å². The molecule has 24 heavy (non-hydrogen) atoms. The van der Waals surface area contributed by atoms with E-state index in [4.69, 9.17) is 0 Å². The average molecular weight is 327 g/mol. The summed E-state index contributed by atoms with van der Waals surface area (Å²) in [5.74, 6) is -0.0530. The van der Waals surface area contributed by atoms with Crippen LogP contribution < -0.4 is 10.9 Å². The number of H-pyrrole nitrogens is 1. The van der Waals surface area contributed by atoms with Gasteiger partial charge in [0.15, 0.2) is 0 Å². The molecule has 2 N–H and O–H groups in total. The molecule has 3 aromatic rings. The lowest BCUT2D eigenvalue weighted by Crippen LogP contribution is -2.19. The van der Waals surface area contributed by atoms with Crippen LogP contribution in [0, 0.1) is 5.82 Å². The minimum absolute atomic E-state index is 0.131. The molecule has 0 saturated carbocycles. The molecule has 0 radical (unpaired) electrons. The molecule has 0 fully saturated rings. The molecule has 7 nitrogen and oxygen atoms in total. The largest absolute Gasteiger partial charge is 0.318 e. The molecule has 0 unspecified atom stereocenters. The molecule has 1 amide bonds. The van der Waals surface area contributed by atoms with E-state index in [2.05, 4.69) is 20.5 Å². The van der Waals surface area contributed by atoms with Crippen molar-refractivity contribution in [3.63, 3.8) is 0 Å². The maximum atomic E-state index is 12.9. The Hall–Kier alpha value is -3.29. The van der Waals surface area contributed by atoms with Crippen molar-refractivity contribution >= 4 is 11.9 Å². The van der Waals surface area contributed by atoms with Crippen LogP contribution in [0.4, 0.5) is 10.3 Å². The Balaban J connectivity index is 1.69. The van der Waals surface area contributed by atoms with Gasteiger partial charge in [0.05, 0.1) is 5.56 Å². The van der Waals surface area contributed by atoms with Gasteiger partial charge in [-0.1, -0.05) is 12.1 Å². The second-order valence-electron chi connectivity index (χ2n) is 5.23. The highest BCUT2D eigenvalue weighted by Crippen LogP contribution is 2.09. The van der Waals surface area contributed by atoms with Gasteiger partial charge in [-0.15, -0.1) is 5.10 Å². The lowest BCUT2D eigenvalue weighted by atomic mass is 10.1. The van der Waals surface area contributed by atoms with Gasteiger partial charge in [0.1, 0.15) is 11.6 Å². The lowest BCUT2D eigenvalue weighted by Gasteiger charge is -2.02. The molecule has 0 spiro atoms. The number of nitrogens with zero attached hydrogens (tertiary/aromatic N) is 3. The van der Waals surface area contributed by atoms with Crippen molar-refractivity contribution in [1.29, 1.82) is 0 Å². The molecule has 0 atom stereocenters. The maximum absolute atomic E-state index is 12.9. The Morgan fingerprint density at radius 1 is 1.25 bits per heavy atom. The summed E-state index contributed by atoms with van der Waals surface area (Å²) >= 11 is 0. The Kier molecular flexibility index (Phi) is 4.19. The summed E-state index contributed by atoms with van der Waals surface area (Å²) in [6, 6.07) is 8.79. The van der Waals surface area contributed by atoms with Crippen LogP contribution >= 0.6 is 0 Å². The SMILES string of the molecule is Cn1cc(C(=O)Nc2n[nH]c(Cc3ccc(F)cc3)n2)ccc1=O. The fourth-order valence-electron chi connectivity index (χ4n) is 2.13. The maximum Gasteiger partial charge on any atom is 0.259 e. The molecule has 8 heteroatoms. The number of aryl methyl sites for hydroxylation is 1. The smallest absolute Gasteiger partial charge is 0.259 e. The molecular formula is C16H14FN5O2. The van der Waals surface area contributed by atoms with Gasteiger partial charge in [-0.25, -0.2) is 4.39 Å². The standard InChI is InChI=1S/C16H14FN5O2/c1-22-9-11(4-7-14(22)23)15(24)19-16-18-13(20-21-16)8-10-2-5-12(17)6-3-10/h2-7,9H,8H2,1H3,(H2,18,19,20,21,24). The molecule has 1 aromatic carbocycles. The Morgan fingerprint density at radius 2 is 2.00 bits per heavy atom. The molecule has 0 aliphatic carbocycles. The van der Waals surface area contributed by atoms with Crippen LogP contribution in [-0.4, -0.2) is 25.7 Å². The summed E-state index contributed by atoms with van der Waals surface area (Å²) in [6.07, 6.45) is 1.87. The molecule has 2 heterocycles. The van der Waals surface area contributed by atoms with Crippen molar-refractivity contribution in [3.05, 3.63) is 75.7 Å². The first-order valence-corrected chi connectivity index (χ1v) is 7.15. The highest BCUT2D eigenvalue weighted by Gasteiger charge is 2.11. The van der Waals surface area contributed by atoms with E-state index in [1.807, 2.05) is 0 Å². The molecule has 2 aromatic heterocycles. The molecule has 3 rings (SSSR count). The zero-order chi connectivity index (χ0) is 17.1. The summed E-state index contributed by atoms with van der Waals surface area (Å²) in [5.41, 5.74) is 0.983. The van der Waals surface area contributed by atoms with Crippen molar-refractivity contribution < 1.29 is 9.18 Å². The zero-order valence-electron chi connectivity index (χ0n) is 12.8. The van der Waals surface area contributed by atoms with E-state index in [0.29, 0.717) is 17.8 Å². The first-order valence-electron chi connectivity index (χ1n) is 7.15. The highest BCUT2D eigenvalue weighted by atomic mass is 19.1. The predicted octanol–water partition coefficient (Wildman–Crippen LogP) is 1.49. The van der Waals surface area contributed by atoms with Gasteiger partial charge in [0.25, 0.3) is 5.91 Å². The molecule has 122 valence electrons. The zero-order valence-corrected chi connectivity index (χ0v) is 12.8. The number of carbonyl (C=O) groups excluding carboxylic acids is 1. The number of rotatable bonds is 4. The van der Waals surface area contributed by atoms with Crippen molar-refractivity contribution in [3.8, 4) is 0 Å². The minimum Gasteiger partial charge on any atom is -0.318 e. The molecule has 0 saturated heterocycles. The predicted molar refractivity (Wildman–Crippen MR) is 85.2 cm³/mol. The van der Waals surface area contributed by atoms with Crippen LogP contribution in [-0.2, 0) is 13.5 Å². The van der Waals surface area contributed by atoms with Gasteiger partial charge in [0.2, 0.25) is 11.5 Å². The van der Waals surface area contributed by atoms with Gasteiger partial charge < -0.3 is 4.57 Å². The second-order valence-corrected chi connectivity index (χ2v) is 5.23. The molecular weight excluding hydrogens is 313 g/mol. The molecule has 0 bridgehead atoms. The van der Waals surface area contributed by atoms with Gasteiger partial charge in [0, 0.05) is 25.7 Å². The number of hydrogen-bond acceptors (Lipinski definition) is 4. The van der Waals surface area contributed by atoms with E-state index in [9.17, 15) is 14.0 Å². The summed E-state index contributed by atoms with van der Waals surface area (Å²) < 4.78 is 14.2. The van der Waals surface area contributed by atoms with Crippen LogP contribution in [0.15, 0.2) is 47.4 Å². The minimum atomic E-state index is -0.419. The third kappa shape index (κ3) is 3.54. The number of aromatic amines is 1. The third-order valence-corrected chi connectivity index (χ3v) is 3.39. The fourth-order valence-corrected chi connectivity index (χ4v) is 2.13. The van der Waals surface area contributed by atoms with E-state index in [-0.39, 0.29) is 17.3 Å². The quantitative estimate of drug-likeness (QED) is 0.759. The van der Waals surface area contributed by atoms with E-state index < -0.39 is 5.91 Å². The van der Waals surface area contributed by atoms with Crippen LogP contribution in [0.5, 0.6) is 0 Å². The van der Waals surface area contributed by atoms with Crippen LogP contribution in [0.25, 0.3) is 0 Å². The number of amides is 1. The van der Waals surface area contributed by atoms with E-state index in [1.165, 1.54) is 35.0 Å². The van der Waals surface area contributed by atoms with E-state index in [1.54, 1.807) is 19.2 Å². The summed E-state index contributed by atoms with van der Waals surface area (Å²) in [7, 11) is 1.56. The number of nitrogens with one attached hydrogen (secondary N) is 2. The number of halogens is 1. The highest BCUT2D eigenvalue weighted by molar-refractivity contribution is 6.03. The third-order valence-electron chi connectivity index (χ3n) is 3.39. The van der Waals surface area contributed by atoms with Crippen LogP contribution in [0.2, 0.25) is 0 Å². The average Bonchev–Trinajstić information content (AvgIpc) is 2.99. The molecule has 0 aliphatic rings. The van der Waals surface area contributed by atoms with Gasteiger partial charge in [-0.3, -0.25) is 20.0 Å². The number of carbonyl (C=O) groups is 1. The first kappa shape index (κ1) is 15.6. The Morgan fingerprint density at radius 3 is 2.71 bits per heavy atom. The second kappa shape index (κ2) is 6.45.